The topological polar surface area (TPSA) is 114 Å². The summed E-state index contributed by atoms with van der Waals surface area (Å²) in [6, 6.07) is 0. The van der Waals surface area contributed by atoms with E-state index in [4.69, 9.17) is 35.3 Å². The second-order valence-electron chi connectivity index (χ2n) is 10.6. The van der Waals surface area contributed by atoms with Crippen molar-refractivity contribution in [3.63, 3.8) is 0 Å². The average molecular weight is 651 g/mol. The van der Waals surface area contributed by atoms with Gasteiger partial charge in [-0.1, -0.05) is 48.2 Å². The molecule has 0 aromatic heterocycles. The van der Waals surface area contributed by atoms with Gasteiger partial charge in [0.05, 0.1) is 26.7 Å². The summed E-state index contributed by atoms with van der Waals surface area (Å²) < 4.78 is 29.8. The number of carbonyl (C=O) groups is 4. The number of esters is 4. The van der Waals surface area contributed by atoms with Gasteiger partial charge in [-0.15, -0.1) is 11.6 Å². The molecule has 3 heterocycles. The summed E-state index contributed by atoms with van der Waals surface area (Å²) in [5, 5.41) is -0.855. The first kappa shape index (κ1) is 28.4. The number of rotatable bonds is 3. The molecule has 1 saturated carbocycles. The molecule has 3 saturated heterocycles. The van der Waals surface area contributed by atoms with Gasteiger partial charge in [-0.25, -0.2) is 0 Å². The number of alkyl halides is 2. The van der Waals surface area contributed by atoms with Crippen LogP contribution in [0, 0.1) is 17.3 Å². The first-order valence-electron chi connectivity index (χ1n) is 12.2. The van der Waals surface area contributed by atoms with E-state index >= 15 is 0 Å². The fraction of sp³-hybridized carbons (Fsp3) is 0.692. The minimum atomic E-state index is -1.49. The molecule has 0 aromatic carbocycles. The zero-order valence-electron chi connectivity index (χ0n) is 21.5. The van der Waals surface area contributed by atoms with E-state index in [2.05, 4.69) is 35.7 Å². The fourth-order valence-corrected chi connectivity index (χ4v) is 8.68. The Bertz CT molecular complexity index is 1060. The molecular weight excluding hydrogens is 619 g/mol. The van der Waals surface area contributed by atoms with Crippen LogP contribution in [0.15, 0.2) is 24.3 Å². The third-order valence-corrected chi connectivity index (χ3v) is 10.2. The Morgan fingerprint density at radius 2 is 1.62 bits per heavy atom. The van der Waals surface area contributed by atoms with Crippen LogP contribution in [0.3, 0.4) is 0 Å². The van der Waals surface area contributed by atoms with E-state index in [1.165, 1.54) is 20.8 Å². The van der Waals surface area contributed by atoms with E-state index in [1.54, 1.807) is 6.92 Å². The predicted octanol–water partition coefficient (Wildman–Crippen LogP) is 3.43. The Labute approximate surface area is 234 Å². The van der Waals surface area contributed by atoms with Crippen molar-refractivity contribution in [1.82, 2.24) is 0 Å². The monoisotopic (exact) mass is 650 g/mol. The van der Waals surface area contributed by atoms with E-state index in [1.807, 2.05) is 6.92 Å². The summed E-state index contributed by atoms with van der Waals surface area (Å²) in [6.45, 7) is 15.9. The quantitative estimate of drug-likeness (QED) is 0.149. The van der Waals surface area contributed by atoms with Crippen LogP contribution in [0.5, 0.6) is 0 Å². The molecular formula is C26H32ClIO9. The summed E-state index contributed by atoms with van der Waals surface area (Å²) >= 11 is 9.03. The van der Waals surface area contributed by atoms with Gasteiger partial charge in [-0.3, -0.25) is 19.2 Å². The molecule has 2 bridgehead atoms. The van der Waals surface area contributed by atoms with Gasteiger partial charge < -0.3 is 23.7 Å². The maximum atomic E-state index is 13.0. The van der Waals surface area contributed by atoms with Gasteiger partial charge in [-0.2, -0.15) is 0 Å². The van der Waals surface area contributed by atoms with Gasteiger partial charge in [0, 0.05) is 26.7 Å². The summed E-state index contributed by atoms with van der Waals surface area (Å²) in [4.78, 5) is 50.3. The van der Waals surface area contributed by atoms with Crippen LogP contribution < -0.4 is 0 Å². The molecule has 4 fully saturated rings. The maximum Gasteiger partial charge on any atom is 0.312 e. The van der Waals surface area contributed by atoms with Gasteiger partial charge >= 0.3 is 23.9 Å². The number of ether oxygens (including phenoxy) is 5. The minimum absolute atomic E-state index is 0.422. The first-order chi connectivity index (χ1) is 17.2. The van der Waals surface area contributed by atoms with Crippen molar-refractivity contribution < 1.29 is 42.9 Å². The molecule has 11 heteroatoms. The highest BCUT2D eigenvalue weighted by Gasteiger charge is 2.75. The normalized spacial score (nSPS) is 44.9. The van der Waals surface area contributed by atoms with E-state index in [0.717, 1.165) is 0 Å². The highest BCUT2D eigenvalue weighted by molar-refractivity contribution is 14.1. The number of halogens is 2. The van der Waals surface area contributed by atoms with E-state index in [9.17, 15) is 19.2 Å². The Hall–Kier alpha value is -1.66. The Morgan fingerprint density at radius 1 is 1.05 bits per heavy atom. The average Bonchev–Trinajstić information content (AvgIpc) is 3.05. The summed E-state index contributed by atoms with van der Waals surface area (Å²) in [5.74, 6) is -3.80. The van der Waals surface area contributed by atoms with Crippen molar-refractivity contribution in [2.45, 2.75) is 92.9 Å². The number of carbonyl (C=O) groups excluding carboxylic acids is 4. The van der Waals surface area contributed by atoms with Crippen molar-refractivity contribution in [2.24, 2.45) is 17.3 Å². The lowest BCUT2D eigenvalue weighted by molar-refractivity contribution is -0.266. The van der Waals surface area contributed by atoms with E-state index < -0.39 is 86.6 Å². The van der Waals surface area contributed by atoms with Crippen LogP contribution >= 0.6 is 34.2 Å². The second kappa shape index (κ2) is 9.82. The zero-order valence-corrected chi connectivity index (χ0v) is 24.4. The molecule has 0 N–H and O–H groups in total. The molecule has 0 radical (unpaired) electrons. The molecule has 1 aliphatic carbocycles. The second-order valence-corrected chi connectivity index (χ2v) is 12.5. The standard InChI is InChI=1S/C26H32ClIO9/c1-10-8-9-16(33-13(4)29)25(7)17(10)21(34-14(5)30)26-12(3)24(32)36-22(26)18(27)11(2)20(37-26)19(28)23(25)35-15(6)31/h12,16-23H,1-2,8-9H2,3-7H3. The van der Waals surface area contributed by atoms with Crippen LogP contribution in [0.25, 0.3) is 0 Å². The SMILES string of the molecule is C=C1C(Cl)C2OC(=O)C(C)C23OC1C(I)C(OC(C)=O)C1(C)C(OC(C)=O)CCC(=C)C1C3OC(C)=O. The van der Waals surface area contributed by atoms with Crippen molar-refractivity contribution in [3.8, 4) is 0 Å². The van der Waals surface area contributed by atoms with Crippen LogP contribution in [0.2, 0.25) is 0 Å². The first-order valence-corrected chi connectivity index (χ1v) is 13.9. The van der Waals surface area contributed by atoms with Crippen molar-refractivity contribution in [2.75, 3.05) is 0 Å². The molecule has 11 atom stereocenters. The summed E-state index contributed by atoms with van der Waals surface area (Å²) in [5.41, 5.74) is -1.47. The Kier molecular flexibility index (Phi) is 7.53. The summed E-state index contributed by atoms with van der Waals surface area (Å²) in [6.07, 6.45) is -3.66. The molecule has 204 valence electrons. The molecule has 37 heavy (non-hydrogen) atoms. The molecule has 0 amide bonds. The van der Waals surface area contributed by atoms with Gasteiger partial charge in [0.25, 0.3) is 0 Å². The van der Waals surface area contributed by atoms with Crippen LogP contribution in [0.1, 0.15) is 47.5 Å². The molecule has 3 aliphatic heterocycles. The Balaban J connectivity index is 2.06. The zero-order chi connectivity index (χ0) is 27.6. The lowest BCUT2D eigenvalue weighted by Gasteiger charge is -2.61. The highest BCUT2D eigenvalue weighted by Crippen LogP contribution is 2.61. The smallest absolute Gasteiger partial charge is 0.312 e. The molecule has 4 aliphatic rings. The molecule has 9 nitrogen and oxygen atoms in total. The number of fused-ring (bicyclic) bond motifs is 2. The largest absolute Gasteiger partial charge is 0.462 e. The third-order valence-electron chi connectivity index (χ3n) is 8.40. The van der Waals surface area contributed by atoms with Crippen LogP contribution in [0.4, 0.5) is 0 Å². The minimum Gasteiger partial charge on any atom is -0.462 e. The predicted molar refractivity (Wildman–Crippen MR) is 140 cm³/mol. The molecule has 0 aromatic rings. The van der Waals surface area contributed by atoms with E-state index in [-0.39, 0.29) is 0 Å². The molecule has 1 spiro atoms. The third kappa shape index (κ3) is 4.21. The number of hydrogen-bond donors (Lipinski definition) is 0. The fourth-order valence-electron chi connectivity index (χ4n) is 6.78. The highest BCUT2D eigenvalue weighted by atomic mass is 127. The van der Waals surface area contributed by atoms with Crippen LogP contribution in [-0.2, 0) is 42.9 Å². The van der Waals surface area contributed by atoms with Gasteiger partial charge in [0.1, 0.15) is 18.3 Å². The maximum absolute atomic E-state index is 13.0. The van der Waals surface area contributed by atoms with Crippen LogP contribution in [-0.4, -0.2) is 69.3 Å². The Morgan fingerprint density at radius 3 is 2.19 bits per heavy atom. The number of hydrogen-bond acceptors (Lipinski definition) is 9. The van der Waals surface area contributed by atoms with Gasteiger partial charge in [0.2, 0.25) is 0 Å². The molecule has 11 unspecified atom stereocenters. The van der Waals surface area contributed by atoms with Crippen molar-refractivity contribution in [1.29, 1.82) is 0 Å². The van der Waals surface area contributed by atoms with Gasteiger partial charge in [0.15, 0.2) is 11.7 Å². The lowest BCUT2D eigenvalue weighted by Crippen LogP contribution is -2.74. The summed E-state index contributed by atoms with van der Waals surface area (Å²) in [7, 11) is 0. The van der Waals surface area contributed by atoms with Crippen molar-refractivity contribution >= 4 is 58.1 Å². The van der Waals surface area contributed by atoms with Crippen molar-refractivity contribution in [3.05, 3.63) is 24.3 Å². The molecule has 4 rings (SSSR count). The van der Waals surface area contributed by atoms with E-state index in [0.29, 0.717) is 24.0 Å². The van der Waals surface area contributed by atoms with Gasteiger partial charge in [-0.05, 0) is 25.3 Å². The lowest BCUT2D eigenvalue weighted by atomic mass is 9.53.